The van der Waals surface area contributed by atoms with E-state index >= 15 is 0 Å². The molecule has 0 bridgehead atoms. The average molecular weight is 439 g/mol. The highest BCUT2D eigenvalue weighted by molar-refractivity contribution is 5.91. The molecule has 0 atom stereocenters. The van der Waals surface area contributed by atoms with Gasteiger partial charge in [0.05, 0.1) is 25.8 Å². The number of ether oxygens (including phenoxy) is 3. The van der Waals surface area contributed by atoms with Gasteiger partial charge < -0.3 is 24.4 Å². The van der Waals surface area contributed by atoms with Gasteiger partial charge in [0, 0.05) is 51.2 Å². The molecular weight excluding hydrogens is 408 g/mol. The predicted molar refractivity (Wildman–Crippen MR) is 125 cm³/mol. The van der Waals surface area contributed by atoms with Crippen LogP contribution in [0.1, 0.15) is 6.42 Å². The number of fused-ring (bicyclic) bond motifs is 1. The minimum atomic E-state index is -0.0294. The van der Waals surface area contributed by atoms with Crippen molar-refractivity contribution in [3.63, 3.8) is 0 Å². The van der Waals surface area contributed by atoms with Crippen molar-refractivity contribution in [2.24, 2.45) is 0 Å². The summed E-state index contributed by atoms with van der Waals surface area (Å²) in [5.41, 5.74) is 1.73. The quantitative estimate of drug-likeness (QED) is 0.435. The maximum Gasteiger partial charge on any atom is 0.221 e. The maximum atomic E-state index is 12.3. The summed E-state index contributed by atoms with van der Waals surface area (Å²) in [7, 11) is 4.91. The van der Waals surface area contributed by atoms with E-state index in [1.807, 2.05) is 48.5 Å². The molecule has 0 unspecified atom stereocenters. The first-order valence-corrected chi connectivity index (χ1v) is 10.6. The van der Waals surface area contributed by atoms with Gasteiger partial charge in [0.1, 0.15) is 11.6 Å². The van der Waals surface area contributed by atoms with Crippen molar-refractivity contribution in [3.8, 4) is 17.1 Å². The Morgan fingerprint density at radius 3 is 2.41 bits per heavy atom. The number of rotatable bonds is 12. The molecule has 0 spiro atoms. The molecule has 0 radical (unpaired) electrons. The Hall–Kier alpha value is -3.23. The third-order valence-electron chi connectivity index (χ3n) is 5.03. The molecule has 0 saturated carbocycles. The van der Waals surface area contributed by atoms with Crippen molar-refractivity contribution >= 4 is 22.6 Å². The zero-order valence-corrected chi connectivity index (χ0v) is 18.8. The largest absolute Gasteiger partial charge is 0.497 e. The molecule has 2 aromatic carbocycles. The van der Waals surface area contributed by atoms with E-state index in [1.165, 1.54) is 0 Å². The van der Waals surface area contributed by atoms with Crippen LogP contribution < -0.4 is 15.0 Å². The monoisotopic (exact) mass is 438 g/mol. The number of hydrogen-bond acceptors (Lipinski definition) is 7. The van der Waals surface area contributed by atoms with Crippen molar-refractivity contribution in [2.75, 3.05) is 59.1 Å². The molecule has 170 valence electrons. The van der Waals surface area contributed by atoms with E-state index in [4.69, 9.17) is 24.2 Å². The summed E-state index contributed by atoms with van der Waals surface area (Å²) in [5, 5.41) is 3.80. The van der Waals surface area contributed by atoms with E-state index in [2.05, 4.69) is 10.2 Å². The van der Waals surface area contributed by atoms with Crippen LogP contribution in [-0.4, -0.2) is 70.1 Å². The topological polar surface area (TPSA) is 85.8 Å². The smallest absolute Gasteiger partial charge is 0.221 e. The van der Waals surface area contributed by atoms with Crippen LogP contribution in [0.3, 0.4) is 0 Å². The number of methoxy groups -OCH3 is 3. The second-order valence-corrected chi connectivity index (χ2v) is 7.19. The Morgan fingerprint density at radius 1 is 0.938 bits per heavy atom. The fourth-order valence-corrected chi connectivity index (χ4v) is 3.31. The molecule has 0 saturated heterocycles. The molecular formula is C24H30N4O4. The number of nitrogens with one attached hydrogen (secondary N) is 1. The Bertz CT molecular complexity index is 1010. The van der Waals surface area contributed by atoms with Crippen LogP contribution >= 0.6 is 0 Å². The van der Waals surface area contributed by atoms with Crippen molar-refractivity contribution < 1.29 is 19.0 Å². The maximum absolute atomic E-state index is 12.3. The van der Waals surface area contributed by atoms with Gasteiger partial charge in [-0.3, -0.25) is 4.79 Å². The minimum absolute atomic E-state index is 0.0294. The second-order valence-electron chi connectivity index (χ2n) is 7.19. The van der Waals surface area contributed by atoms with Crippen LogP contribution in [0.4, 0.5) is 5.82 Å². The third kappa shape index (κ3) is 6.15. The number of anilines is 1. The molecule has 3 aromatic rings. The van der Waals surface area contributed by atoms with E-state index in [0.717, 1.165) is 28.0 Å². The van der Waals surface area contributed by atoms with Gasteiger partial charge in [0.25, 0.3) is 0 Å². The number of amides is 1. The van der Waals surface area contributed by atoms with E-state index in [1.54, 1.807) is 21.3 Å². The second kappa shape index (κ2) is 12.0. The lowest BCUT2D eigenvalue weighted by atomic mass is 10.1. The first-order chi connectivity index (χ1) is 15.7. The highest BCUT2D eigenvalue weighted by Crippen LogP contribution is 2.28. The van der Waals surface area contributed by atoms with Gasteiger partial charge in [-0.1, -0.05) is 12.1 Å². The molecule has 8 heteroatoms. The summed E-state index contributed by atoms with van der Waals surface area (Å²) in [6, 6.07) is 15.6. The molecule has 0 aliphatic heterocycles. The van der Waals surface area contributed by atoms with Crippen LogP contribution in [0.15, 0.2) is 48.5 Å². The number of nitrogens with zero attached hydrogens (tertiary/aromatic N) is 3. The number of para-hydroxylation sites is 1. The molecule has 8 nitrogen and oxygen atoms in total. The lowest BCUT2D eigenvalue weighted by molar-refractivity contribution is -0.121. The van der Waals surface area contributed by atoms with Crippen molar-refractivity contribution in [1.29, 1.82) is 0 Å². The van der Waals surface area contributed by atoms with Crippen LogP contribution in [-0.2, 0) is 14.3 Å². The van der Waals surface area contributed by atoms with Gasteiger partial charge in [-0.2, -0.15) is 0 Å². The number of benzene rings is 2. The van der Waals surface area contributed by atoms with E-state index in [9.17, 15) is 4.79 Å². The highest BCUT2D eigenvalue weighted by Gasteiger charge is 2.17. The van der Waals surface area contributed by atoms with Crippen LogP contribution in [0.5, 0.6) is 5.75 Å². The summed E-state index contributed by atoms with van der Waals surface area (Å²) >= 11 is 0. The van der Waals surface area contributed by atoms with Gasteiger partial charge in [-0.05, 0) is 36.4 Å². The lowest BCUT2D eigenvalue weighted by Gasteiger charge is -2.25. The third-order valence-corrected chi connectivity index (χ3v) is 5.03. The first kappa shape index (κ1) is 23.4. The van der Waals surface area contributed by atoms with Crippen LogP contribution in [0, 0.1) is 0 Å². The Balaban J connectivity index is 1.92. The molecule has 0 aliphatic rings. The average Bonchev–Trinajstić information content (AvgIpc) is 2.84. The summed E-state index contributed by atoms with van der Waals surface area (Å²) in [4.78, 5) is 24.0. The Labute approximate surface area is 188 Å². The molecule has 1 amide bonds. The summed E-state index contributed by atoms with van der Waals surface area (Å²) in [6.45, 7) is 2.60. The fourth-order valence-electron chi connectivity index (χ4n) is 3.31. The van der Waals surface area contributed by atoms with Crippen LogP contribution in [0.2, 0.25) is 0 Å². The lowest BCUT2D eigenvalue weighted by Crippen LogP contribution is -2.34. The van der Waals surface area contributed by atoms with Gasteiger partial charge in [0.2, 0.25) is 5.91 Å². The molecule has 1 aromatic heterocycles. The number of carbonyl (C=O) groups excluding carboxylic acids is 1. The molecule has 0 fully saturated rings. The van der Waals surface area contributed by atoms with Crippen LogP contribution in [0.25, 0.3) is 22.3 Å². The number of aromatic nitrogens is 2. The zero-order chi connectivity index (χ0) is 22.8. The minimum Gasteiger partial charge on any atom is -0.497 e. The normalized spacial score (nSPS) is 10.8. The first-order valence-electron chi connectivity index (χ1n) is 10.6. The summed E-state index contributed by atoms with van der Waals surface area (Å²) in [5.74, 6) is 2.14. The van der Waals surface area contributed by atoms with Gasteiger partial charge >= 0.3 is 0 Å². The Morgan fingerprint density at radius 2 is 1.69 bits per heavy atom. The van der Waals surface area contributed by atoms with E-state index < -0.39 is 0 Å². The van der Waals surface area contributed by atoms with E-state index in [-0.39, 0.29) is 5.91 Å². The highest BCUT2D eigenvalue weighted by atomic mass is 16.5. The van der Waals surface area contributed by atoms with Crippen molar-refractivity contribution in [3.05, 3.63) is 48.5 Å². The predicted octanol–water partition coefficient (Wildman–Crippen LogP) is 2.91. The van der Waals surface area contributed by atoms with Gasteiger partial charge in [-0.15, -0.1) is 0 Å². The molecule has 1 heterocycles. The molecule has 3 rings (SSSR count). The fraction of sp³-hybridized carbons (Fsp3) is 0.375. The summed E-state index contributed by atoms with van der Waals surface area (Å²) in [6.07, 6.45) is 0.337. The number of carbonyl (C=O) groups is 1. The van der Waals surface area contributed by atoms with Crippen molar-refractivity contribution in [2.45, 2.75) is 6.42 Å². The van der Waals surface area contributed by atoms with Crippen molar-refractivity contribution in [1.82, 2.24) is 15.3 Å². The Kier molecular flexibility index (Phi) is 8.77. The van der Waals surface area contributed by atoms with Gasteiger partial charge in [0.15, 0.2) is 5.82 Å². The molecule has 32 heavy (non-hydrogen) atoms. The standard InChI is InChI=1S/C24H30N4O4/c1-30-16-13-25-22(29)12-14-28(15-17-31-2)24-20-6-4-5-7-21(20)26-23(27-24)18-8-10-19(32-3)11-9-18/h4-11H,12-17H2,1-3H3,(H,25,29). The molecule has 1 N–H and O–H groups in total. The van der Waals surface area contributed by atoms with E-state index in [0.29, 0.717) is 45.1 Å². The zero-order valence-electron chi connectivity index (χ0n) is 18.8. The van der Waals surface area contributed by atoms with Gasteiger partial charge in [-0.25, -0.2) is 9.97 Å². The molecule has 0 aliphatic carbocycles. The SMILES string of the molecule is COCCNC(=O)CCN(CCOC)c1nc(-c2ccc(OC)cc2)nc2ccccc12. The number of hydrogen-bond donors (Lipinski definition) is 1. The summed E-state index contributed by atoms with van der Waals surface area (Å²) < 4.78 is 15.6.